The topological polar surface area (TPSA) is 83.3 Å². The Morgan fingerprint density at radius 3 is 2.59 bits per heavy atom. The summed E-state index contributed by atoms with van der Waals surface area (Å²) in [6.45, 7) is 3.76. The van der Waals surface area contributed by atoms with Crippen molar-refractivity contribution in [3.8, 4) is 11.9 Å². The van der Waals surface area contributed by atoms with E-state index < -0.39 is 5.56 Å². The van der Waals surface area contributed by atoms with Crippen molar-refractivity contribution >= 4 is 34.8 Å². The van der Waals surface area contributed by atoms with E-state index in [-0.39, 0.29) is 16.2 Å². The highest BCUT2D eigenvalue weighted by Crippen LogP contribution is 2.34. The molecular formula is C14H14N4O2S2. The quantitative estimate of drug-likeness (QED) is 0.675. The van der Waals surface area contributed by atoms with Crippen LogP contribution in [0.15, 0.2) is 9.79 Å². The fraction of sp³-hybridized carbons (Fsp3) is 0.286. The van der Waals surface area contributed by atoms with Gasteiger partial charge in [-0.15, -0.1) is 11.3 Å². The summed E-state index contributed by atoms with van der Waals surface area (Å²) in [6, 6.07) is 2.11. The molecule has 0 atom stereocenters. The number of aromatic nitrogens is 2. The summed E-state index contributed by atoms with van der Waals surface area (Å²) in [4.78, 5) is 17.4. The number of aromatic hydroxyl groups is 1. The van der Waals surface area contributed by atoms with Gasteiger partial charge < -0.3 is 5.11 Å². The molecule has 0 aliphatic rings. The molecule has 2 rings (SSSR count). The number of aryl methyl sites for hydroxylation is 1. The lowest BCUT2D eigenvalue weighted by Crippen LogP contribution is -2.25. The second-order valence-corrected chi connectivity index (χ2v) is 6.34. The average molecular weight is 334 g/mol. The molecule has 2 aromatic heterocycles. The Kier molecular flexibility index (Phi) is 4.30. The molecule has 0 radical (unpaired) electrons. The minimum Gasteiger partial charge on any atom is -0.494 e. The fourth-order valence-electron chi connectivity index (χ4n) is 1.93. The molecule has 8 heteroatoms. The first-order valence-electron chi connectivity index (χ1n) is 6.32. The third kappa shape index (κ3) is 2.49. The molecule has 2 aromatic rings. The van der Waals surface area contributed by atoms with E-state index in [1.54, 1.807) is 7.05 Å². The lowest BCUT2D eigenvalue weighted by Gasteiger charge is -2.08. The third-order valence-electron chi connectivity index (χ3n) is 3.46. The Balaban J connectivity index is 2.63. The van der Waals surface area contributed by atoms with E-state index in [1.165, 1.54) is 33.7 Å². The van der Waals surface area contributed by atoms with E-state index >= 15 is 0 Å². The van der Waals surface area contributed by atoms with Crippen molar-refractivity contribution in [2.24, 2.45) is 19.1 Å². The van der Waals surface area contributed by atoms with E-state index in [9.17, 15) is 15.2 Å². The van der Waals surface area contributed by atoms with Crippen molar-refractivity contribution in [2.75, 3.05) is 0 Å². The summed E-state index contributed by atoms with van der Waals surface area (Å²) in [5.74, 6) is -0.250. The van der Waals surface area contributed by atoms with E-state index in [0.29, 0.717) is 10.6 Å². The number of aliphatic imine (C=N–C) groups is 1. The summed E-state index contributed by atoms with van der Waals surface area (Å²) in [5, 5.41) is 19.8. The van der Waals surface area contributed by atoms with Crippen LogP contribution in [0, 0.1) is 29.9 Å². The fourth-order valence-corrected chi connectivity index (χ4v) is 3.05. The first-order chi connectivity index (χ1) is 10.3. The Bertz CT molecular complexity index is 942. The van der Waals surface area contributed by atoms with Crippen LogP contribution in [0.2, 0.25) is 0 Å². The van der Waals surface area contributed by atoms with Crippen molar-refractivity contribution in [3.63, 3.8) is 0 Å². The molecule has 0 saturated heterocycles. The second-order valence-electron chi connectivity index (χ2n) is 4.78. The summed E-state index contributed by atoms with van der Waals surface area (Å²) >= 11 is 6.42. The molecule has 0 unspecified atom stereocenters. The van der Waals surface area contributed by atoms with Gasteiger partial charge >= 0.3 is 0 Å². The minimum atomic E-state index is -0.437. The zero-order chi connectivity index (χ0) is 16.6. The van der Waals surface area contributed by atoms with Crippen LogP contribution in [0.4, 0.5) is 5.00 Å². The van der Waals surface area contributed by atoms with E-state index in [2.05, 4.69) is 11.1 Å². The highest BCUT2D eigenvalue weighted by atomic mass is 32.1. The standard InChI is InChI=1S/C14H14N4O2S2/c1-7-8(2)22-11(9(7)5-15)16-6-10-12(19)17(3)14(21)18(4)13(10)20/h6,19H,1-4H3. The van der Waals surface area contributed by atoms with Gasteiger partial charge in [-0.1, -0.05) is 0 Å². The van der Waals surface area contributed by atoms with Gasteiger partial charge in [-0.05, 0) is 31.6 Å². The summed E-state index contributed by atoms with van der Waals surface area (Å²) in [7, 11) is 3.09. The summed E-state index contributed by atoms with van der Waals surface area (Å²) < 4.78 is 2.79. The van der Waals surface area contributed by atoms with Crippen LogP contribution in [0.1, 0.15) is 21.6 Å². The number of thiophene rings is 1. The normalized spacial score (nSPS) is 11.0. The van der Waals surface area contributed by atoms with Gasteiger partial charge in [-0.25, -0.2) is 4.99 Å². The van der Waals surface area contributed by atoms with Gasteiger partial charge in [0.2, 0.25) is 5.88 Å². The van der Waals surface area contributed by atoms with Gasteiger partial charge in [0.05, 0.1) is 5.56 Å². The molecule has 2 heterocycles. The number of hydrogen-bond acceptors (Lipinski definition) is 6. The Morgan fingerprint density at radius 1 is 1.36 bits per heavy atom. The Morgan fingerprint density at radius 2 is 2.00 bits per heavy atom. The van der Waals surface area contributed by atoms with Crippen LogP contribution in [0.5, 0.6) is 5.88 Å². The van der Waals surface area contributed by atoms with Gasteiger partial charge in [0.15, 0.2) is 4.77 Å². The maximum Gasteiger partial charge on any atom is 0.266 e. The summed E-state index contributed by atoms with van der Waals surface area (Å²) in [5.41, 5.74) is 0.960. The van der Waals surface area contributed by atoms with Crippen molar-refractivity contribution in [3.05, 3.63) is 36.7 Å². The van der Waals surface area contributed by atoms with E-state index in [1.807, 2.05) is 13.8 Å². The van der Waals surface area contributed by atoms with E-state index in [0.717, 1.165) is 10.4 Å². The van der Waals surface area contributed by atoms with Gasteiger partial charge in [0.25, 0.3) is 5.56 Å². The first kappa shape index (κ1) is 16.1. The molecule has 0 aromatic carbocycles. The molecule has 0 fully saturated rings. The van der Waals surface area contributed by atoms with Gasteiger partial charge in [0.1, 0.15) is 16.6 Å². The molecule has 0 amide bonds. The summed E-state index contributed by atoms with van der Waals surface area (Å²) in [6.07, 6.45) is 1.28. The maximum absolute atomic E-state index is 12.2. The Hall–Kier alpha value is -2.24. The van der Waals surface area contributed by atoms with Crippen LogP contribution < -0.4 is 5.56 Å². The molecule has 0 spiro atoms. The molecule has 22 heavy (non-hydrogen) atoms. The SMILES string of the molecule is Cc1sc(N=Cc2c(O)n(C)c(=S)n(C)c2=O)c(C#N)c1C. The molecule has 0 aliphatic carbocycles. The zero-order valence-electron chi connectivity index (χ0n) is 12.5. The highest BCUT2D eigenvalue weighted by molar-refractivity contribution is 7.71. The van der Waals surface area contributed by atoms with Crippen molar-refractivity contribution in [2.45, 2.75) is 13.8 Å². The van der Waals surface area contributed by atoms with Crippen LogP contribution in [0.25, 0.3) is 0 Å². The number of nitrogens with zero attached hydrogens (tertiary/aromatic N) is 4. The molecule has 1 N–H and O–H groups in total. The van der Waals surface area contributed by atoms with Gasteiger partial charge in [0, 0.05) is 25.2 Å². The Labute approximate surface area is 136 Å². The molecule has 0 bridgehead atoms. The van der Waals surface area contributed by atoms with Crippen LogP contribution in [-0.4, -0.2) is 20.5 Å². The highest BCUT2D eigenvalue weighted by Gasteiger charge is 2.14. The van der Waals surface area contributed by atoms with Gasteiger partial charge in [-0.3, -0.25) is 13.9 Å². The number of nitriles is 1. The molecule has 114 valence electrons. The number of rotatable bonds is 2. The zero-order valence-corrected chi connectivity index (χ0v) is 14.2. The van der Waals surface area contributed by atoms with Crippen LogP contribution in [0.3, 0.4) is 0 Å². The largest absolute Gasteiger partial charge is 0.494 e. The van der Waals surface area contributed by atoms with Crippen molar-refractivity contribution in [1.29, 1.82) is 5.26 Å². The first-order valence-corrected chi connectivity index (χ1v) is 7.55. The monoisotopic (exact) mass is 334 g/mol. The lowest BCUT2D eigenvalue weighted by molar-refractivity contribution is 0.415. The maximum atomic E-state index is 12.2. The molecular weight excluding hydrogens is 320 g/mol. The molecule has 0 saturated carbocycles. The lowest BCUT2D eigenvalue weighted by atomic mass is 10.2. The van der Waals surface area contributed by atoms with Crippen LogP contribution in [-0.2, 0) is 14.1 Å². The smallest absolute Gasteiger partial charge is 0.266 e. The predicted octanol–water partition coefficient (Wildman–Crippen LogP) is 2.46. The predicted molar refractivity (Wildman–Crippen MR) is 88.9 cm³/mol. The van der Waals surface area contributed by atoms with E-state index in [4.69, 9.17) is 12.2 Å². The average Bonchev–Trinajstić information content (AvgIpc) is 2.77. The molecule has 6 nitrogen and oxygen atoms in total. The van der Waals surface area contributed by atoms with Crippen molar-refractivity contribution < 1.29 is 5.11 Å². The van der Waals surface area contributed by atoms with Gasteiger partial charge in [-0.2, -0.15) is 5.26 Å². The number of hydrogen-bond donors (Lipinski definition) is 1. The van der Waals surface area contributed by atoms with Crippen molar-refractivity contribution in [1.82, 2.24) is 9.13 Å². The minimum absolute atomic E-state index is 0.0335. The third-order valence-corrected chi connectivity index (χ3v) is 5.12. The molecule has 0 aliphatic heterocycles. The second kappa shape index (κ2) is 5.87. The van der Waals surface area contributed by atoms with Crippen LogP contribution >= 0.6 is 23.6 Å².